The number of H-pyrrole nitrogens is 1. The SMILES string of the molecule is Cc1nc2c(-c3ccncc3)c[nH]n2c(=O)c1Cc1ccc(Cl)cc1. The van der Waals surface area contributed by atoms with Crippen molar-refractivity contribution >= 4 is 17.2 Å². The van der Waals surface area contributed by atoms with Crippen LogP contribution in [0.2, 0.25) is 5.02 Å². The van der Waals surface area contributed by atoms with Crippen LogP contribution < -0.4 is 5.56 Å². The summed E-state index contributed by atoms with van der Waals surface area (Å²) < 4.78 is 1.49. The van der Waals surface area contributed by atoms with Gasteiger partial charge < -0.3 is 0 Å². The largest absolute Gasteiger partial charge is 0.296 e. The van der Waals surface area contributed by atoms with Gasteiger partial charge in [-0.3, -0.25) is 14.9 Å². The lowest BCUT2D eigenvalue weighted by atomic mass is 10.0. The van der Waals surface area contributed by atoms with Crippen LogP contribution in [-0.2, 0) is 6.42 Å². The van der Waals surface area contributed by atoms with Gasteiger partial charge in [-0.15, -0.1) is 0 Å². The molecule has 0 fully saturated rings. The molecule has 4 rings (SSSR count). The number of nitrogens with zero attached hydrogens (tertiary/aromatic N) is 3. The highest BCUT2D eigenvalue weighted by molar-refractivity contribution is 6.30. The van der Waals surface area contributed by atoms with E-state index in [0.29, 0.717) is 22.7 Å². The molecule has 124 valence electrons. The van der Waals surface area contributed by atoms with Gasteiger partial charge in [0.2, 0.25) is 0 Å². The summed E-state index contributed by atoms with van der Waals surface area (Å²) in [6.07, 6.45) is 5.75. The summed E-state index contributed by atoms with van der Waals surface area (Å²) in [7, 11) is 0. The number of aryl methyl sites for hydroxylation is 1. The molecular weight excluding hydrogens is 336 g/mol. The van der Waals surface area contributed by atoms with Gasteiger partial charge in [0.15, 0.2) is 5.65 Å². The Morgan fingerprint density at radius 3 is 2.56 bits per heavy atom. The number of nitrogens with one attached hydrogen (secondary N) is 1. The third-order valence-electron chi connectivity index (χ3n) is 4.25. The number of hydrogen-bond acceptors (Lipinski definition) is 3. The molecule has 0 bridgehead atoms. The van der Waals surface area contributed by atoms with E-state index in [0.717, 1.165) is 22.4 Å². The van der Waals surface area contributed by atoms with Crippen molar-refractivity contribution in [2.75, 3.05) is 0 Å². The quantitative estimate of drug-likeness (QED) is 0.613. The Hall–Kier alpha value is -2.92. The van der Waals surface area contributed by atoms with Crippen LogP contribution >= 0.6 is 11.6 Å². The van der Waals surface area contributed by atoms with Gasteiger partial charge in [0.05, 0.1) is 0 Å². The van der Waals surface area contributed by atoms with Crippen molar-refractivity contribution in [1.29, 1.82) is 0 Å². The van der Waals surface area contributed by atoms with E-state index in [1.54, 1.807) is 18.6 Å². The number of benzene rings is 1. The predicted molar refractivity (Wildman–Crippen MR) is 98.0 cm³/mol. The number of pyridine rings is 1. The molecule has 0 aliphatic rings. The number of hydrogen-bond donors (Lipinski definition) is 1. The summed E-state index contributed by atoms with van der Waals surface area (Å²) in [6.45, 7) is 1.87. The minimum absolute atomic E-state index is 0.0854. The molecule has 0 saturated carbocycles. The molecule has 0 atom stereocenters. The summed E-state index contributed by atoms with van der Waals surface area (Å²) in [5.74, 6) is 0. The van der Waals surface area contributed by atoms with Crippen LogP contribution in [0, 0.1) is 6.92 Å². The number of rotatable bonds is 3. The van der Waals surface area contributed by atoms with Crippen molar-refractivity contribution in [2.45, 2.75) is 13.3 Å². The average Bonchev–Trinajstić information content (AvgIpc) is 3.05. The summed E-state index contributed by atoms with van der Waals surface area (Å²) in [6, 6.07) is 11.3. The normalized spacial score (nSPS) is 11.1. The van der Waals surface area contributed by atoms with E-state index < -0.39 is 0 Å². The molecule has 0 radical (unpaired) electrons. The lowest BCUT2D eigenvalue weighted by Crippen LogP contribution is -2.22. The fourth-order valence-electron chi connectivity index (χ4n) is 2.91. The number of aromatic amines is 1. The standard InChI is InChI=1S/C19H15ClN4O/c1-12-16(10-13-2-4-15(20)5-3-13)19(25)24-18(23-12)17(11-22-24)14-6-8-21-9-7-14/h2-9,11,22H,10H2,1H3. The Balaban J connectivity index is 1.83. The first-order valence-corrected chi connectivity index (χ1v) is 8.26. The van der Waals surface area contributed by atoms with Gasteiger partial charge in [-0.1, -0.05) is 23.7 Å². The first-order valence-electron chi connectivity index (χ1n) is 7.88. The first kappa shape index (κ1) is 15.6. The molecule has 1 N–H and O–H groups in total. The van der Waals surface area contributed by atoms with Gasteiger partial charge in [-0.05, 0) is 42.3 Å². The van der Waals surface area contributed by atoms with Gasteiger partial charge in [0.1, 0.15) is 0 Å². The maximum atomic E-state index is 12.9. The van der Waals surface area contributed by atoms with Crippen LogP contribution in [0.5, 0.6) is 0 Å². The Morgan fingerprint density at radius 1 is 1.12 bits per heavy atom. The molecular formula is C19H15ClN4O. The lowest BCUT2D eigenvalue weighted by Gasteiger charge is -2.07. The Kier molecular flexibility index (Phi) is 3.86. The minimum atomic E-state index is -0.0854. The van der Waals surface area contributed by atoms with Gasteiger partial charge >= 0.3 is 0 Å². The molecule has 0 spiro atoms. The summed E-state index contributed by atoms with van der Waals surface area (Å²) in [4.78, 5) is 21.6. The van der Waals surface area contributed by atoms with Crippen molar-refractivity contribution in [3.63, 3.8) is 0 Å². The summed E-state index contributed by atoms with van der Waals surface area (Å²) >= 11 is 5.93. The molecule has 0 amide bonds. The Morgan fingerprint density at radius 2 is 1.84 bits per heavy atom. The number of aromatic nitrogens is 4. The van der Waals surface area contributed by atoms with E-state index in [2.05, 4.69) is 15.1 Å². The highest BCUT2D eigenvalue weighted by atomic mass is 35.5. The Bertz CT molecular complexity index is 1100. The lowest BCUT2D eigenvalue weighted by molar-refractivity contribution is 0.860. The topological polar surface area (TPSA) is 63.1 Å². The van der Waals surface area contributed by atoms with Crippen LogP contribution in [-0.4, -0.2) is 19.6 Å². The average molecular weight is 351 g/mol. The van der Waals surface area contributed by atoms with Crippen molar-refractivity contribution < 1.29 is 0 Å². The molecule has 0 unspecified atom stereocenters. The molecule has 0 aliphatic carbocycles. The number of fused-ring (bicyclic) bond motifs is 1. The van der Waals surface area contributed by atoms with Gasteiger partial charge in [0, 0.05) is 46.9 Å². The monoisotopic (exact) mass is 350 g/mol. The fraction of sp³-hybridized carbons (Fsp3) is 0.105. The van der Waals surface area contributed by atoms with E-state index >= 15 is 0 Å². The second-order valence-corrected chi connectivity index (χ2v) is 6.30. The smallest absolute Gasteiger partial charge is 0.276 e. The molecule has 4 aromatic rings. The highest BCUT2D eigenvalue weighted by Crippen LogP contribution is 2.22. The van der Waals surface area contributed by atoms with E-state index in [1.165, 1.54) is 4.52 Å². The third-order valence-corrected chi connectivity index (χ3v) is 4.50. The van der Waals surface area contributed by atoms with Crippen LogP contribution in [0.3, 0.4) is 0 Å². The molecule has 25 heavy (non-hydrogen) atoms. The Labute approximate surface area is 148 Å². The molecule has 3 aromatic heterocycles. The minimum Gasteiger partial charge on any atom is -0.296 e. The molecule has 1 aromatic carbocycles. The van der Waals surface area contributed by atoms with E-state index in [4.69, 9.17) is 11.6 Å². The second-order valence-electron chi connectivity index (χ2n) is 5.87. The maximum Gasteiger partial charge on any atom is 0.276 e. The van der Waals surface area contributed by atoms with E-state index in [1.807, 2.05) is 43.3 Å². The second kappa shape index (κ2) is 6.18. The molecule has 6 heteroatoms. The van der Waals surface area contributed by atoms with E-state index in [9.17, 15) is 4.79 Å². The fourth-order valence-corrected chi connectivity index (χ4v) is 3.04. The molecule has 5 nitrogen and oxygen atoms in total. The molecule has 3 heterocycles. The van der Waals surface area contributed by atoms with Crippen molar-refractivity contribution in [3.8, 4) is 11.1 Å². The summed E-state index contributed by atoms with van der Waals surface area (Å²) in [5.41, 5.74) is 4.79. The van der Waals surface area contributed by atoms with Crippen LogP contribution in [0.1, 0.15) is 16.8 Å². The molecule has 0 aliphatic heterocycles. The van der Waals surface area contributed by atoms with E-state index in [-0.39, 0.29) is 5.56 Å². The zero-order valence-corrected chi connectivity index (χ0v) is 14.3. The van der Waals surface area contributed by atoms with Crippen LogP contribution in [0.4, 0.5) is 0 Å². The predicted octanol–water partition coefficient (Wildman–Crippen LogP) is 3.64. The van der Waals surface area contributed by atoms with Gasteiger partial charge in [-0.2, -0.15) is 0 Å². The van der Waals surface area contributed by atoms with Gasteiger partial charge in [0.25, 0.3) is 5.56 Å². The van der Waals surface area contributed by atoms with Gasteiger partial charge in [-0.25, -0.2) is 9.50 Å². The van der Waals surface area contributed by atoms with Crippen LogP contribution in [0.25, 0.3) is 16.8 Å². The zero-order valence-electron chi connectivity index (χ0n) is 13.5. The maximum absolute atomic E-state index is 12.9. The van der Waals surface area contributed by atoms with Crippen LogP contribution in [0.15, 0.2) is 59.8 Å². The van der Waals surface area contributed by atoms with Crippen molar-refractivity contribution in [3.05, 3.63) is 87.2 Å². The zero-order chi connectivity index (χ0) is 17.4. The third kappa shape index (κ3) is 2.83. The highest BCUT2D eigenvalue weighted by Gasteiger charge is 2.15. The van der Waals surface area contributed by atoms with Crippen molar-refractivity contribution in [2.24, 2.45) is 0 Å². The molecule has 0 saturated heterocycles. The van der Waals surface area contributed by atoms with Crippen molar-refractivity contribution in [1.82, 2.24) is 19.6 Å². The summed E-state index contributed by atoms with van der Waals surface area (Å²) in [5, 5.41) is 3.70. The number of halogens is 1. The first-order chi connectivity index (χ1) is 12.1.